The lowest BCUT2D eigenvalue weighted by Gasteiger charge is -2.44. The Bertz CT molecular complexity index is 620. The van der Waals surface area contributed by atoms with Gasteiger partial charge in [0.15, 0.2) is 0 Å². The largest absolute Gasteiger partial charge is 0.335 e. The fourth-order valence-corrected chi connectivity index (χ4v) is 2.55. The molecule has 1 saturated heterocycles. The van der Waals surface area contributed by atoms with E-state index in [9.17, 15) is 23.2 Å². The first-order chi connectivity index (χ1) is 9.44. The fourth-order valence-electron chi connectivity index (χ4n) is 2.55. The highest BCUT2D eigenvalue weighted by atomic mass is 19.1. The molecule has 1 N–H and O–H groups in total. The first-order valence-electron chi connectivity index (χ1n) is 6.10. The van der Waals surface area contributed by atoms with Crippen LogP contribution in [0.2, 0.25) is 0 Å². The highest BCUT2D eigenvalue weighted by Crippen LogP contribution is 2.45. The number of amides is 4. The summed E-state index contributed by atoms with van der Waals surface area (Å²) in [7, 11) is 0. The quantitative estimate of drug-likeness (QED) is 0.796. The van der Waals surface area contributed by atoms with Crippen LogP contribution in [-0.4, -0.2) is 17.8 Å². The van der Waals surface area contributed by atoms with Crippen molar-refractivity contribution in [3.63, 3.8) is 0 Å². The van der Waals surface area contributed by atoms with Crippen molar-refractivity contribution in [3.05, 3.63) is 29.8 Å². The Hall–Kier alpha value is -2.31. The molecule has 0 unspecified atom stereocenters. The second-order valence-corrected chi connectivity index (χ2v) is 4.96. The summed E-state index contributed by atoms with van der Waals surface area (Å²) < 4.78 is 26.5. The number of anilines is 1. The standard InChI is InChI=1S/C13H10F2N2O3/c14-7-4-8(15)6-9(5-7)17-11(19)13(2-1-3-13)10(18)16-12(17)20/h4-6H,1-3H2,(H,16,18,20). The molecule has 1 aliphatic carbocycles. The van der Waals surface area contributed by atoms with E-state index in [1.165, 1.54) is 0 Å². The van der Waals surface area contributed by atoms with Gasteiger partial charge in [0, 0.05) is 6.07 Å². The molecule has 0 radical (unpaired) electrons. The monoisotopic (exact) mass is 280 g/mol. The van der Waals surface area contributed by atoms with Crippen molar-refractivity contribution < 1.29 is 23.2 Å². The van der Waals surface area contributed by atoms with Gasteiger partial charge in [0.05, 0.1) is 5.69 Å². The van der Waals surface area contributed by atoms with E-state index in [2.05, 4.69) is 5.32 Å². The molecule has 3 rings (SSSR count). The average molecular weight is 280 g/mol. The molecule has 0 atom stereocenters. The Kier molecular flexibility index (Phi) is 2.60. The molecule has 4 amide bonds. The third-order valence-electron chi connectivity index (χ3n) is 3.78. The van der Waals surface area contributed by atoms with Gasteiger partial charge in [0.2, 0.25) is 5.91 Å². The van der Waals surface area contributed by atoms with Crippen LogP contribution in [0.1, 0.15) is 19.3 Å². The number of rotatable bonds is 1. The number of carbonyl (C=O) groups is 3. The predicted octanol–water partition coefficient (Wildman–Crippen LogP) is 1.72. The fraction of sp³-hybridized carbons (Fsp3) is 0.308. The summed E-state index contributed by atoms with van der Waals surface area (Å²) in [6.07, 6.45) is 1.36. The zero-order chi connectivity index (χ0) is 14.5. The number of imide groups is 2. The summed E-state index contributed by atoms with van der Waals surface area (Å²) in [5.74, 6) is -3.16. The van der Waals surface area contributed by atoms with Crippen LogP contribution in [0.4, 0.5) is 19.3 Å². The normalized spacial score (nSPS) is 20.9. The van der Waals surface area contributed by atoms with Crippen molar-refractivity contribution >= 4 is 23.5 Å². The average Bonchev–Trinajstić information content (AvgIpc) is 2.24. The third-order valence-corrected chi connectivity index (χ3v) is 3.78. The van der Waals surface area contributed by atoms with Gasteiger partial charge in [-0.15, -0.1) is 0 Å². The van der Waals surface area contributed by atoms with Gasteiger partial charge in [0.25, 0.3) is 5.91 Å². The molecular weight excluding hydrogens is 270 g/mol. The van der Waals surface area contributed by atoms with Gasteiger partial charge in [0.1, 0.15) is 17.0 Å². The highest BCUT2D eigenvalue weighted by molar-refractivity contribution is 6.30. The summed E-state index contributed by atoms with van der Waals surface area (Å²) in [6, 6.07) is 1.41. The van der Waals surface area contributed by atoms with Gasteiger partial charge in [-0.05, 0) is 25.0 Å². The number of barbiturate groups is 1. The number of hydrogen-bond donors (Lipinski definition) is 1. The van der Waals surface area contributed by atoms with Crippen molar-refractivity contribution in [3.8, 4) is 0 Å². The molecule has 20 heavy (non-hydrogen) atoms. The predicted molar refractivity (Wildman–Crippen MR) is 63.7 cm³/mol. The zero-order valence-electron chi connectivity index (χ0n) is 10.3. The topological polar surface area (TPSA) is 66.5 Å². The van der Waals surface area contributed by atoms with E-state index in [0.29, 0.717) is 30.2 Å². The Morgan fingerprint density at radius 3 is 2.15 bits per heavy atom. The van der Waals surface area contributed by atoms with E-state index < -0.39 is 34.9 Å². The molecule has 0 aromatic heterocycles. The smallest absolute Gasteiger partial charge is 0.276 e. The highest BCUT2D eigenvalue weighted by Gasteiger charge is 2.57. The molecule has 1 saturated carbocycles. The number of carbonyl (C=O) groups excluding carboxylic acids is 3. The van der Waals surface area contributed by atoms with Gasteiger partial charge in [-0.25, -0.2) is 18.5 Å². The minimum absolute atomic E-state index is 0.219. The summed E-state index contributed by atoms with van der Waals surface area (Å²) in [5, 5.41) is 2.07. The summed E-state index contributed by atoms with van der Waals surface area (Å²) in [4.78, 5) is 36.6. The number of urea groups is 1. The molecule has 1 aromatic rings. The zero-order valence-corrected chi connectivity index (χ0v) is 10.3. The number of nitrogens with zero attached hydrogens (tertiary/aromatic N) is 1. The van der Waals surface area contributed by atoms with Crippen molar-refractivity contribution in [2.24, 2.45) is 5.41 Å². The Morgan fingerprint density at radius 1 is 1.05 bits per heavy atom. The molecule has 1 aliphatic heterocycles. The molecular formula is C13H10F2N2O3. The molecule has 0 bridgehead atoms. The number of hydrogen-bond acceptors (Lipinski definition) is 3. The Balaban J connectivity index is 2.05. The van der Waals surface area contributed by atoms with Gasteiger partial charge in [-0.1, -0.05) is 6.42 Å². The van der Waals surface area contributed by atoms with Gasteiger partial charge in [-0.2, -0.15) is 0 Å². The Morgan fingerprint density at radius 2 is 1.65 bits per heavy atom. The van der Waals surface area contributed by atoms with Gasteiger partial charge in [-0.3, -0.25) is 14.9 Å². The van der Waals surface area contributed by atoms with E-state index in [1.807, 2.05) is 0 Å². The van der Waals surface area contributed by atoms with Crippen LogP contribution in [0.3, 0.4) is 0 Å². The maximum atomic E-state index is 13.2. The Labute approximate surface area is 112 Å². The maximum Gasteiger partial charge on any atom is 0.335 e. The van der Waals surface area contributed by atoms with Gasteiger partial charge >= 0.3 is 6.03 Å². The summed E-state index contributed by atoms with van der Waals surface area (Å²) >= 11 is 0. The second kappa shape index (κ2) is 4.09. The van der Waals surface area contributed by atoms with Crippen LogP contribution in [0.25, 0.3) is 0 Å². The molecule has 1 aromatic carbocycles. The van der Waals surface area contributed by atoms with Crippen molar-refractivity contribution in [1.82, 2.24) is 5.32 Å². The third kappa shape index (κ3) is 1.62. The second-order valence-electron chi connectivity index (χ2n) is 4.96. The molecule has 2 fully saturated rings. The molecule has 1 spiro atoms. The van der Waals surface area contributed by atoms with Crippen LogP contribution in [0.5, 0.6) is 0 Å². The lowest BCUT2D eigenvalue weighted by molar-refractivity contribution is -0.148. The molecule has 1 heterocycles. The SMILES string of the molecule is O=C1NC(=O)C2(CCC2)C(=O)N1c1cc(F)cc(F)c1. The van der Waals surface area contributed by atoms with E-state index in [-0.39, 0.29) is 5.69 Å². The van der Waals surface area contributed by atoms with Crippen LogP contribution in [0.15, 0.2) is 18.2 Å². The maximum absolute atomic E-state index is 13.2. The lowest BCUT2D eigenvalue weighted by Crippen LogP contribution is -2.66. The first kappa shape index (κ1) is 12.7. The van der Waals surface area contributed by atoms with Gasteiger partial charge < -0.3 is 0 Å². The minimum Gasteiger partial charge on any atom is -0.276 e. The van der Waals surface area contributed by atoms with Crippen molar-refractivity contribution in [2.75, 3.05) is 4.90 Å². The van der Waals surface area contributed by atoms with Crippen molar-refractivity contribution in [1.29, 1.82) is 0 Å². The number of nitrogens with one attached hydrogen (secondary N) is 1. The molecule has 2 aliphatic rings. The van der Waals surface area contributed by atoms with Crippen LogP contribution in [-0.2, 0) is 9.59 Å². The lowest BCUT2D eigenvalue weighted by atomic mass is 9.66. The molecule has 5 nitrogen and oxygen atoms in total. The molecule has 104 valence electrons. The van der Waals surface area contributed by atoms with Crippen LogP contribution >= 0.6 is 0 Å². The van der Waals surface area contributed by atoms with E-state index in [4.69, 9.17) is 0 Å². The van der Waals surface area contributed by atoms with E-state index in [1.54, 1.807) is 0 Å². The number of halogens is 2. The van der Waals surface area contributed by atoms with Crippen molar-refractivity contribution in [2.45, 2.75) is 19.3 Å². The van der Waals surface area contributed by atoms with Crippen LogP contribution in [0, 0.1) is 17.0 Å². The van der Waals surface area contributed by atoms with E-state index in [0.717, 1.165) is 12.1 Å². The summed E-state index contributed by atoms with van der Waals surface area (Å²) in [6.45, 7) is 0. The first-order valence-corrected chi connectivity index (χ1v) is 6.10. The number of benzene rings is 1. The van der Waals surface area contributed by atoms with E-state index >= 15 is 0 Å². The summed E-state index contributed by atoms with van der Waals surface area (Å²) in [5.41, 5.74) is -1.49. The molecule has 7 heteroatoms. The minimum atomic E-state index is -1.27. The van der Waals surface area contributed by atoms with Crippen LogP contribution < -0.4 is 10.2 Å².